The van der Waals surface area contributed by atoms with E-state index in [0.717, 1.165) is 25.3 Å². The molecular formula is C17H25N3O3. The van der Waals surface area contributed by atoms with Crippen LogP contribution in [-0.4, -0.2) is 47.3 Å². The fraction of sp³-hybridized carbons (Fsp3) is 0.706. The summed E-state index contributed by atoms with van der Waals surface area (Å²) in [4.78, 5) is 14.2. The molecule has 6 heteroatoms. The highest BCUT2D eigenvalue weighted by Gasteiger charge is 2.28. The maximum Gasteiger partial charge on any atom is 0.233 e. The minimum absolute atomic E-state index is 0.00752. The molecule has 0 bridgehead atoms. The zero-order chi connectivity index (χ0) is 16.1. The highest BCUT2D eigenvalue weighted by Crippen LogP contribution is 2.29. The predicted molar refractivity (Wildman–Crippen MR) is 85.4 cm³/mol. The lowest BCUT2D eigenvalue weighted by atomic mass is 10.0. The fourth-order valence-corrected chi connectivity index (χ4v) is 3.49. The molecule has 0 N–H and O–H groups in total. The number of hydrogen-bond acceptors (Lipinski definition) is 5. The van der Waals surface area contributed by atoms with E-state index in [4.69, 9.17) is 9.47 Å². The van der Waals surface area contributed by atoms with Gasteiger partial charge in [-0.3, -0.25) is 4.79 Å². The number of carbonyl (C=O) groups excluding carboxylic acids is 1. The van der Waals surface area contributed by atoms with Crippen LogP contribution in [0.15, 0.2) is 12.1 Å². The minimum Gasteiger partial charge on any atom is -0.480 e. The van der Waals surface area contributed by atoms with Crippen molar-refractivity contribution in [2.45, 2.75) is 51.0 Å². The van der Waals surface area contributed by atoms with Crippen molar-refractivity contribution in [3.05, 3.63) is 12.1 Å². The Morgan fingerprint density at radius 3 is 2.65 bits per heavy atom. The molecule has 6 nitrogen and oxygen atoms in total. The quantitative estimate of drug-likeness (QED) is 0.806. The van der Waals surface area contributed by atoms with Crippen molar-refractivity contribution in [2.75, 3.05) is 20.2 Å². The van der Waals surface area contributed by atoms with Gasteiger partial charge in [-0.1, -0.05) is 25.7 Å². The second-order valence-electron chi connectivity index (χ2n) is 6.47. The van der Waals surface area contributed by atoms with E-state index in [9.17, 15) is 4.79 Å². The lowest BCUT2D eigenvalue weighted by molar-refractivity contribution is -0.130. The molecule has 2 fully saturated rings. The average Bonchev–Trinajstić information content (AvgIpc) is 3.25. The van der Waals surface area contributed by atoms with Gasteiger partial charge in [-0.2, -0.15) is 0 Å². The monoisotopic (exact) mass is 319 g/mol. The molecule has 23 heavy (non-hydrogen) atoms. The van der Waals surface area contributed by atoms with Gasteiger partial charge in [-0.25, -0.2) is 0 Å². The second-order valence-corrected chi connectivity index (χ2v) is 6.47. The Morgan fingerprint density at radius 1 is 1.22 bits per heavy atom. The molecule has 3 rings (SSSR count). The van der Waals surface area contributed by atoms with Crippen LogP contribution in [-0.2, 0) is 4.79 Å². The maximum atomic E-state index is 12.3. The van der Waals surface area contributed by atoms with Crippen molar-refractivity contribution in [1.29, 1.82) is 0 Å². The highest BCUT2D eigenvalue weighted by atomic mass is 16.5. The van der Waals surface area contributed by atoms with Crippen LogP contribution in [0.5, 0.6) is 11.8 Å². The maximum absolute atomic E-state index is 12.3. The molecule has 0 radical (unpaired) electrons. The summed E-state index contributed by atoms with van der Waals surface area (Å²) in [7, 11) is 1.55. The van der Waals surface area contributed by atoms with Gasteiger partial charge in [-0.15, -0.1) is 10.2 Å². The first kappa shape index (κ1) is 16.0. The first-order valence-corrected chi connectivity index (χ1v) is 8.57. The Hall–Kier alpha value is -1.85. The van der Waals surface area contributed by atoms with Gasteiger partial charge in [0.1, 0.15) is 6.10 Å². The van der Waals surface area contributed by atoms with Gasteiger partial charge < -0.3 is 14.4 Å². The van der Waals surface area contributed by atoms with Gasteiger partial charge in [0, 0.05) is 31.5 Å². The molecule has 1 saturated heterocycles. The predicted octanol–water partition coefficient (Wildman–Crippen LogP) is 2.44. The summed E-state index contributed by atoms with van der Waals surface area (Å²) in [5.41, 5.74) is 0. The number of carbonyl (C=O) groups is 1. The molecule has 1 unspecified atom stereocenters. The zero-order valence-corrected chi connectivity index (χ0v) is 13.7. The van der Waals surface area contributed by atoms with Crippen LogP contribution in [0.2, 0.25) is 0 Å². The number of ether oxygens (including phenoxy) is 2. The number of hydrogen-bond donors (Lipinski definition) is 0. The Kier molecular flexibility index (Phi) is 5.31. The number of amides is 1. The smallest absolute Gasteiger partial charge is 0.233 e. The number of aromatic nitrogens is 2. The average molecular weight is 319 g/mol. The van der Waals surface area contributed by atoms with E-state index >= 15 is 0 Å². The van der Waals surface area contributed by atoms with Crippen molar-refractivity contribution >= 4 is 5.91 Å². The molecule has 2 heterocycles. The van der Waals surface area contributed by atoms with E-state index in [2.05, 4.69) is 10.2 Å². The van der Waals surface area contributed by atoms with Gasteiger partial charge in [0.05, 0.1) is 13.7 Å². The Bertz CT molecular complexity index is 514. The number of methoxy groups -OCH3 is 1. The first-order chi connectivity index (χ1) is 11.2. The molecule has 0 aromatic carbocycles. The Balaban J connectivity index is 1.42. The molecule has 1 aromatic heterocycles. The van der Waals surface area contributed by atoms with Crippen LogP contribution in [0.1, 0.15) is 44.9 Å². The van der Waals surface area contributed by atoms with Crippen LogP contribution < -0.4 is 9.47 Å². The summed E-state index contributed by atoms with van der Waals surface area (Å²) in [6.07, 6.45) is 7.86. The van der Waals surface area contributed by atoms with Crippen molar-refractivity contribution in [1.82, 2.24) is 15.1 Å². The summed E-state index contributed by atoms with van der Waals surface area (Å²) in [6.45, 7) is 1.43. The Morgan fingerprint density at radius 2 is 1.96 bits per heavy atom. The summed E-state index contributed by atoms with van der Waals surface area (Å²) in [6, 6.07) is 3.47. The molecule has 1 aliphatic carbocycles. The van der Waals surface area contributed by atoms with Crippen LogP contribution in [0.4, 0.5) is 0 Å². The van der Waals surface area contributed by atoms with E-state index in [1.165, 1.54) is 25.7 Å². The SMILES string of the molecule is COc1ccc(OC2CCN(C(=O)CCC3CCCC3)C2)nn1. The molecule has 1 amide bonds. The first-order valence-electron chi connectivity index (χ1n) is 8.57. The molecular weight excluding hydrogens is 294 g/mol. The molecule has 1 saturated carbocycles. The lowest BCUT2D eigenvalue weighted by Crippen LogP contribution is -2.31. The number of nitrogens with zero attached hydrogens (tertiary/aromatic N) is 3. The highest BCUT2D eigenvalue weighted by molar-refractivity contribution is 5.76. The normalized spacial score (nSPS) is 21.6. The van der Waals surface area contributed by atoms with Crippen molar-refractivity contribution < 1.29 is 14.3 Å². The van der Waals surface area contributed by atoms with E-state index < -0.39 is 0 Å². The van der Waals surface area contributed by atoms with E-state index in [0.29, 0.717) is 24.7 Å². The van der Waals surface area contributed by atoms with Gasteiger partial charge >= 0.3 is 0 Å². The van der Waals surface area contributed by atoms with Crippen molar-refractivity contribution in [3.63, 3.8) is 0 Å². The van der Waals surface area contributed by atoms with Crippen molar-refractivity contribution in [2.24, 2.45) is 5.92 Å². The molecule has 126 valence electrons. The summed E-state index contributed by atoms with van der Waals surface area (Å²) in [5, 5.41) is 7.86. The largest absolute Gasteiger partial charge is 0.480 e. The van der Waals surface area contributed by atoms with E-state index in [1.807, 2.05) is 4.90 Å². The molecule has 2 aliphatic rings. The van der Waals surface area contributed by atoms with Crippen LogP contribution in [0.3, 0.4) is 0 Å². The third-order valence-corrected chi connectivity index (χ3v) is 4.85. The lowest BCUT2D eigenvalue weighted by Gasteiger charge is -2.18. The zero-order valence-electron chi connectivity index (χ0n) is 13.7. The van der Waals surface area contributed by atoms with Gasteiger partial charge in [-0.05, 0) is 12.3 Å². The number of likely N-dealkylation sites (tertiary alicyclic amines) is 1. The Labute approximate surface area is 137 Å². The molecule has 1 aromatic rings. The third kappa shape index (κ3) is 4.33. The summed E-state index contributed by atoms with van der Waals surface area (Å²) < 4.78 is 10.8. The topological polar surface area (TPSA) is 64.6 Å². The van der Waals surface area contributed by atoms with Gasteiger partial charge in [0.25, 0.3) is 0 Å². The fourth-order valence-electron chi connectivity index (χ4n) is 3.49. The van der Waals surface area contributed by atoms with E-state index in [1.54, 1.807) is 19.2 Å². The minimum atomic E-state index is 0.00752. The second kappa shape index (κ2) is 7.62. The van der Waals surface area contributed by atoms with Gasteiger partial charge in [0.2, 0.25) is 17.7 Å². The summed E-state index contributed by atoms with van der Waals surface area (Å²) in [5.74, 6) is 1.98. The number of rotatable bonds is 6. The third-order valence-electron chi connectivity index (χ3n) is 4.85. The molecule has 1 atom stereocenters. The van der Waals surface area contributed by atoms with Crippen LogP contribution >= 0.6 is 0 Å². The van der Waals surface area contributed by atoms with E-state index in [-0.39, 0.29) is 12.0 Å². The van der Waals surface area contributed by atoms with Crippen molar-refractivity contribution in [3.8, 4) is 11.8 Å². The summed E-state index contributed by atoms with van der Waals surface area (Å²) >= 11 is 0. The standard InChI is InChI=1S/C17H25N3O3/c1-22-15-7-8-16(19-18-15)23-14-10-11-20(12-14)17(21)9-6-13-4-2-3-5-13/h7-8,13-14H,2-6,9-12H2,1H3. The van der Waals surface area contributed by atoms with Gasteiger partial charge in [0.15, 0.2) is 0 Å². The van der Waals surface area contributed by atoms with Crippen LogP contribution in [0.25, 0.3) is 0 Å². The van der Waals surface area contributed by atoms with Crippen LogP contribution in [0, 0.1) is 5.92 Å². The molecule has 1 aliphatic heterocycles. The molecule has 0 spiro atoms.